The van der Waals surface area contributed by atoms with Gasteiger partial charge in [0, 0.05) is 88.4 Å². The van der Waals surface area contributed by atoms with Gasteiger partial charge in [-0.1, -0.05) is 97.1 Å². The molecule has 0 aromatic heterocycles. The topological polar surface area (TPSA) is 108 Å². The van der Waals surface area contributed by atoms with Crippen LogP contribution in [0.3, 0.4) is 0 Å². The minimum absolute atomic E-state index is 0.0231. The van der Waals surface area contributed by atoms with E-state index in [9.17, 15) is 19.2 Å². The van der Waals surface area contributed by atoms with Crippen LogP contribution in [0.25, 0.3) is 34.4 Å². The van der Waals surface area contributed by atoms with Gasteiger partial charge >= 0.3 is 11.9 Å². The summed E-state index contributed by atoms with van der Waals surface area (Å²) in [7, 11) is 10.8. The van der Waals surface area contributed by atoms with Crippen LogP contribution in [-0.4, -0.2) is 66.0 Å². The molecule has 1 aliphatic rings. The summed E-state index contributed by atoms with van der Waals surface area (Å²) in [5, 5.41) is 3.43. The third-order valence-electron chi connectivity index (χ3n) is 11.6. The predicted molar refractivity (Wildman–Crippen MR) is 273 cm³/mol. The second-order valence-corrected chi connectivity index (χ2v) is 16.8. The maximum atomic E-state index is 13.7. The molecule has 0 unspecified atom stereocenters. The van der Waals surface area contributed by atoms with Gasteiger partial charge in [-0.15, -0.1) is 0 Å². The van der Waals surface area contributed by atoms with Gasteiger partial charge in [0.25, 0.3) is 0 Å². The van der Waals surface area contributed by atoms with Gasteiger partial charge in [0.1, 0.15) is 5.78 Å². The van der Waals surface area contributed by atoms with Crippen LogP contribution < -0.4 is 20.0 Å². The number of rotatable bonds is 15. The molecule has 1 aliphatic carbocycles. The summed E-state index contributed by atoms with van der Waals surface area (Å²) >= 11 is 0. The van der Waals surface area contributed by atoms with Crippen molar-refractivity contribution in [2.24, 2.45) is 5.92 Å². The third-order valence-corrected chi connectivity index (χ3v) is 11.6. The molecule has 0 atom stereocenters. The van der Waals surface area contributed by atoms with Gasteiger partial charge in [-0.25, -0.2) is 9.59 Å². The van der Waals surface area contributed by atoms with E-state index in [1.165, 1.54) is 48.7 Å². The molecule has 1 amide bonds. The predicted octanol–water partition coefficient (Wildman–Crippen LogP) is 11.1. The van der Waals surface area contributed by atoms with E-state index in [1.54, 1.807) is 17.1 Å². The standard InChI is InChI=1S/C32H34N2O4.C25H26N2O2/c1-33(2)28-16-12-26(13-17-28)25-10-7-24(8-11-25)22-34(32(37)27-14-18-30(35)19-15-27)29-6-4-5-23(21-29)9-20-31(36)38-3;1-27(2)24-14-12-22(13-15-24)21-10-7-20(8-11-21)18-26-23-6-4-5-19(17-23)9-16-25(28)29-3/h4-13,16-17,20-21,27H,14-15,18-19,22H2,1-3H3;4-17,26H,18H2,1-3H3/b20-9+;16-9+. The van der Waals surface area contributed by atoms with Gasteiger partial charge in [-0.05, 0) is 118 Å². The Hall–Kier alpha value is -7.72. The van der Waals surface area contributed by atoms with Crippen LogP contribution in [0.5, 0.6) is 0 Å². The molecule has 1 saturated carbocycles. The van der Waals surface area contributed by atoms with Crippen molar-refractivity contribution in [3.05, 3.63) is 180 Å². The van der Waals surface area contributed by atoms with Crippen LogP contribution in [0.15, 0.2) is 158 Å². The Balaban J connectivity index is 0.000000229. The summed E-state index contributed by atoms with van der Waals surface area (Å²) < 4.78 is 9.31. The van der Waals surface area contributed by atoms with Crippen LogP contribution in [0.2, 0.25) is 0 Å². The Labute approximate surface area is 395 Å². The van der Waals surface area contributed by atoms with Gasteiger partial charge in [0.15, 0.2) is 0 Å². The van der Waals surface area contributed by atoms with E-state index >= 15 is 0 Å². The molecule has 0 spiro atoms. The Morgan fingerprint density at radius 2 is 1.01 bits per heavy atom. The number of hydrogen-bond donors (Lipinski definition) is 1. The van der Waals surface area contributed by atoms with E-state index < -0.39 is 5.97 Å². The van der Waals surface area contributed by atoms with Crippen LogP contribution in [-0.2, 0) is 41.7 Å². The van der Waals surface area contributed by atoms with E-state index in [0.717, 1.165) is 51.4 Å². The average molecular weight is 897 g/mol. The second kappa shape index (κ2) is 24.0. The Bertz CT molecular complexity index is 2640. The highest BCUT2D eigenvalue weighted by molar-refractivity contribution is 5.97. The van der Waals surface area contributed by atoms with Crippen molar-refractivity contribution in [1.29, 1.82) is 0 Å². The molecule has 0 saturated heterocycles. The zero-order valence-electron chi connectivity index (χ0n) is 39.3. The molecule has 0 aliphatic heterocycles. The average Bonchev–Trinajstić information content (AvgIpc) is 3.36. The summed E-state index contributed by atoms with van der Waals surface area (Å²) in [4.78, 5) is 54.3. The van der Waals surface area contributed by atoms with Crippen LogP contribution >= 0.6 is 0 Å². The number of esters is 2. The summed E-state index contributed by atoms with van der Waals surface area (Å²) in [6.45, 7) is 1.14. The molecule has 1 fully saturated rings. The number of benzene rings is 6. The molecular formula is C57H60N4O6. The molecule has 7 rings (SSSR count). The minimum atomic E-state index is -0.438. The van der Waals surface area contributed by atoms with Crippen molar-refractivity contribution in [3.8, 4) is 22.3 Å². The fourth-order valence-electron chi connectivity index (χ4n) is 7.63. The van der Waals surface area contributed by atoms with Crippen LogP contribution in [0.1, 0.15) is 47.9 Å². The van der Waals surface area contributed by atoms with Crippen molar-refractivity contribution in [2.45, 2.75) is 38.8 Å². The maximum Gasteiger partial charge on any atom is 0.330 e. The minimum Gasteiger partial charge on any atom is -0.466 e. The van der Waals surface area contributed by atoms with Gasteiger partial charge < -0.3 is 29.5 Å². The van der Waals surface area contributed by atoms with E-state index in [-0.39, 0.29) is 23.6 Å². The number of Topliss-reactive ketones (excluding diaryl/α,β-unsaturated/α-hetero) is 1. The SMILES string of the molecule is COC(=O)/C=C/c1cccc(N(Cc2ccc(-c3ccc(N(C)C)cc3)cc2)C(=O)C2CCC(=O)CC2)c1.COC(=O)/C=C/c1cccc(NCc2ccc(-c3ccc(N(C)C)cc3)cc2)c1. The summed E-state index contributed by atoms with van der Waals surface area (Å²) in [6, 6.07) is 49.3. The second-order valence-electron chi connectivity index (χ2n) is 16.8. The number of nitrogens with zero attached hydrogens (tertiary/aromatic N) is 3. The van der Waals surface area contributed by atoms with Crippen molar-refractivity contribution in [1.82, 2.24) is 0 Å². The molecule has 6 aromatic carbocycles. The van der Waals surface area contributed by atoms with E-state index in [2.05, 4.69) is 117 Å². The van der Waals surface area contributed by atoms with Gasteiger partial charge in [-0.2, -0.15) is 0 Å². The zero-order chi connectivity index (χ0) is 47.7. The molecule has 10 heteroatoms. The van der Waals surface area contributed by atoms with E-state index in [1.807, 2.05) is 76.7 Å². The number of methoxy groups -OCH3 is 2. The number of ketones is 1. The smallest absolute Gasteiger partial charge is 0.330 e. The number of anilines is 4. The quantitative estimate of drug-likeness (QED) is 0.0796. The number of carbonyl (C=O) groups excluding carboxylic acids is 4. The summed E-state index contributed by atoms with van der Waals surface area (Å²) in [5.41, 5.74) is 12.7. The summed E-state index contributed by atoms with van der Waals surface area (Å²) in [5.74, 6) is -0.734. The van der Waals surface area contributed by atoms with Crippen molar-refractivity contribution in [2.75, 3.05) is 62.4 Å². The molecule has 10 nitrogen and oxygen atoms in total. The van der Waals surface area contributed by atoms with Gasteiger partial charge in [0.2, 0.25) is 5.91 Å². The maximum absolute atomic E-state index is 13.7. The first-order valence-corrected chi connectivity index (χ1v) is 22.4. The molecular weight excluding hydrogens is 837 g/mol. The van der Waals surface area contributed by atoms with E-state index in [4.69, 9.17) is 4.74 Å². The number of carbonyl (C=O) groups is 4. The third kappa shape index (κ3) is 14.4. The Morgan fingerprint density at radius 1 is 0.567 bits per heavy atom. The lowest BCUT2D eigenvalue weighted by Crippen LogP contribution is -2.37. The molecule has 67 heavy (non-hydrogen) atoms. The molecule has 0 bridgehead atoms. The van der Waals surface area contributed by atoms with Gasteiger partial charge in [-0.3, -0.25) is 9.59 Å². The normalized spacial score (nSPS) is 12.5. The highest BCUT2D eigenvalue weighted by Gasteiger charge is 2.29. The molecule has 344 valence electrons. The monoisotopic (exact) mass is 896 g/mol. The number of amides is 1. The lowest BCUT2D eigenvalue weighted by atomic mass is 9.87. The van der Waals surface area contributed by atoms with Crippen molar-refractivity contribution < 1.29 is 28.7 Å². The fourth-order valence-corrected chi connectivity index (χ4v) is 7.63. The number of hydrogen-bond acceptors (Lipinski definition) is 9. The Morgan fingerprint density at radius 3 is 1.49 bits per heavy atom. The van der Waals surface area contributed by atoms with Gasteiger partial charge in [0.05, 0.1) is 20.8 Å². The first-order valence-electron chi connectivity index (χ1n) is 22.4. The molecule has 0 radical (unpaired) electrons. The molecule has 1 N–H and O–H groups in total. The van der Waals surface area contributed by atoms with Crippen LogP contribution in [0.4, 0.5) is 22.7 Å². The van der Waals surface area contributed by atoms with E-state index in [0.29, 0.717) is 32.2 Å². The molecule has 6 aromatic rings. The highest BCUT2D eigenvalue weighted by atomic mass is 16.5. The zero-order valence-corrected chi connectivity index (χ0v) is 39.3. The summed E-state index contributed by atoms with van der Waals surface area (Å²) in [6.07, 6.45) is 8.27. The van der Waals surface area contributed by atoms with Crippen LogP contribution in [0, 0.1) is 5.92 Å². The largest absolute Gasteiger partial charge is 0.466 e. The van der Waals surface area contributed by atoms with Crippen molar-refractivity contribution >= 4 is 58.5 Å². The highest BCUT2D eigenvalue weighted by Crippen LogP contribution is 2.30. The first-order chi connectivity index (χ1) is 32.4. The number of nitrogens with one attached hydrogen (secondary N) is 1. The Kier molecular flexibility index (Phi) is 17.4. The fraction of sp³-hybridized carbons (Fsp3) is 0.228. The van der Waals surface area contributed by atoms with Crippen molar-refractivity contribution in [3.63, 3.8) is 0 Å². The lowest BCUT2D eigenvalue weighted by Gasteiger charge is -2.29. The lowest BCUT2D eigenvalue weighted by molar-refractivity contribution is -0.135. The number of ether oxygens (including phenoxy) is 2. The molecule has 0 heterocycles. The first kappa shape index (κ1) is 48.7.